The number of nitrogens with zero attached hydrogens (tertiary/aromatic N) is 1. The summed E-state index contributed by atoms with van der Waals surface area (Å²) < 4.78 is 28.2. The van der Waals surface area contributed by atoms with Crippen LogP contribution in [-0.4, -0.2) is 38.2 Å². The normalized spacial score (nSPS) is 15.8. The van der Waals surface area contributed by atoms with Crippen LogP contribution >= 0.6 is 11.3 Å². The second-order valence-corrected chi connectivity index (χ2v) is 11.1. The van der Waals surface area contributed by atoms with Crippen molar-refractivity contribution >= 4 is 38.9 Å². The molecule has 0 spiro atoms. The fraction of sp³-hybridized carbons (Fsp3) is 0.429. The molecule has 2 aromatic rings. The minimum atomic E-state index is -3.83. The first-order valence-electron chi connectivity index (χ1n) is 9.78. The Labute approximate surface area is 181 Å². The molecule has 0 unspecified atom stereocenters. The molecule has 162 valence electrons. The molecule has 0 radical (unpaired) electrons. The molecule has 9 heteroatoms. The lowest BCUT2D eigenvalue weighted by atomic mass is 9.87. The highest BCUT2D eigenvalue weighted by Crippen LogP contribution is 2.29. The molecule has 1 saturated heterocycles. The van der Waals surface area contributed by atoms with E-state index in [1.54, 1.807) is 40.6 Å². The van der Waals surface area contributed by atoms with E-state index in [1.165, 1.54) is 11.3 Å². The van der Waals surface area contributed by atoms with Gasteiger partial charge in [0.05, 0.1) is 10.6 Å². The number of rotatable bonds is 5. The first-order chi connectivity index (χ1) is 14.0. The number of hydrogen-bond donors (Lipinski definition) is 2. The number of carbonyl (C=O) groups excluding carboxylic acids is 2. The van der Waals surface area contributed by atoms with Gasteiger partial charge in [-0.15, -0.1) is 11.3 Å². The van der Waals surface area contributed by atoms with E-state index in [9.17, 15) is 18.0 Å². The average Bonchev–Trinajstić information content (AvgIpc) is 3.14. The number of thiophene rings is 1. The van der Waals surface area contributed by atoms with Crippen LogP contribution in [-0.2, 0) is 20.2 Å². The van der Waals surface area contributed by atoms with E-state index < -0.39 is 10.0 Å². The number of anilines is 1. The van der Waals surface area contributed by atoms with Crippen LogP contribution in [0.3, 0.4) is 0 Å². The van der Waals surface area contributed by atoms with E-state index in [2.05, 4.69) is 25.5 Å². The van der Waals surface area contributed by atoms with E-state index >= 15 is 0 Å². The summed E-state index contributed by atoms with van der Waals surface area (Å²) in [4.78, 5) is 26.4. The molecular weight excluding hydrogens is 422 g/mol. The SMILES string of the molecule is CC(C)(C)c1ccc(S(=O)(=O)Nc2ccsc2C(=O)N2CCC(C(N)=O)CC2)cc1. The molecule has 1 aromatic carbocycles. The molecule has 2 amide bonds. The lowest BCUT2D eigenvalue weighted by Gasteiger charge is -2.30. The van der Waals surface area contributed by atoms with E-state index in [0.29, 0.717) is 30.8 Å². The largest absolute Gasteiger partial charge is 0.369 e. The summed E-state index contributed by atoms with van der Waals surface area (Å²) >= 11 is 1.19. The van der Waals surface area contributed by atoms with Gasteiger partial charge in [-0.05, 0) is 47.4 Å². The number of primary amides is 1. The molecule has 1 aliphatic rings. The topological polar surface area (TPSA) is 110 Å². The summed E-state index contributed by atoms with van der Waals surface area (Å²) in [6, 6.07) is 8.35. The molecule has 3 N–H and O–H groups in total. The number of nitrogens with one attached hydrogen (secondary N) is 1. The van der Waals surface area contributed by atoms with Crippen molar-refractivity contribution in [2.24, 2.45) is 11.7 Å². The molecule has 0 atom stereocenters. The molecule has 2 heterocycles. The van der Waals surface area contributed by atoms with Crippen LogP contribution in [0.1, 0.15) is 48.8 Å². The summed E-state index contributed by atoms with van der Waals surface area (Å²) in [5.41, 5.74) is 6.57. The number of likely N-dealkylation sites (tertiary alicyclic amines) is 1. The Morgan fingerprint density at radius 3 is 2.23 bits per heavy atom. The van der Waals surface area contributed by atoms with Gasteiger partial charge in [0.2, 0.25) is 5.91 Å². The quantitative estimate of drug-likeness (QED) is 0.730. The molecule has 0 saturated carbocycles. The molecular formula is C21H27N3O4S2. The van der Waals surface area contributed by atoms with E-state index in [-0.39, 0.29) is 33.7 Å². The van der Waals surface area contributed by atoms with Gasteiger partial charge in [-0.1, -0.05) is 32.9 Å². The lowest BCUT2D eigenvalue weighted by molar-refractivity contribution is -0.123. The second-order valence-electron chi connectivity index (χ2n) is 8.51. The van der Waals surface area contributed by atoms with Crippen molar-refractivity contribution < 1.29 is 18.0 Å². The molecule has 1 aliphatic heterocycles. The number of hydrogen-bond acceptors (Lipinski definition) is 5. The van der Waals surface area contributed by atoms with E-state index in [4.69, 9.17) is 5.73 Å². The van der Waals surface area contributed by atoms with Crippen molar-refractivity contribution in [2.45, 2.75) is 43.9 Å². The van der Waals surface area contributed by atoms with Gasteiger partial charge in [-0.2, -0.15) is 0 Å². The maximum atomic E-state index is 12.9. The first-order valence-corrected chi connectivity index (χ1v) is 12.1. The number of sulfonamides is 1. The predicted octanol–water partition coefficient (Wildman–Crippen LogP) is 3.18. The molecule has 7 nitrogen and oxygen atoms in total. The number of piperidine rings is 1. The number of amides is 2. The van der Waals surface area contributed by atoms with Crippen LogP contribution in [0.4, 0.5) is 5.69 Å². The number of carbonyl (C=O) groups is 2. The van der Waals surface area contributed by atoms with Crippen molar-refractivity contribution in [3.63, 3.8) is 0 Å². The Morgan fingerprint density at radius 1 is 1.10 bits per heavy atom. The fourth-order valence-electron chi connectivity index (χ4n) is 3.40. The molecule has 3 rings (SSSR count). The highest BCUT2D eigenvalue weighted by Gasteiger charge is 2.29. The van der Waals surface area contributed by atoms with Crippen LogP contribution in [0, 0.1) is 5.92 Å². The summed E-state index contributed by atoms with van der Waals surface area (Å²) in [5, 5.41) is 1.68. The molecule has 0 bridgehead atoms. The Hall–Kier alpha value is -2.39. The minimum absolute atomic E-state index is 0.0787. The zero-order valence-electron chi connectivity index (χ0n) is 17.3. The molecule has 0 aliphatic carbocycles. The fourth-order valence-corrected chi connectivity index (χ4v) is 5.36. The smallest absolute Gasteiger partial charge is 0.266 e. The van der Waals surface area contributed by atoms with Crippen LogP contribution in [0.5, 0.6) is 0 Å². The summed E-state index contributed by atoms with van der Waals surface area (Å²) in [6.45, 7) is 7.02. The lowest BCUT2D eigenvalue weighted by Crippen LogP contribution is -2.41. The highest BCUT2D eigenvalue weighted by atomic mass is 32.2. The van der Waals surface area contributed by atoms with E-state index in [1.807, 2.05) is 0 Å². The van der Waals surface area contributed by atoms with Gasteiger partial charge in [0.1, 0.15) is 4.88 Å². The van der Waals surface area contributed by atoms with Crippen molar-refractivity contribution in [3.05, 3.63) is 46.2 Å². The molecule has 1 fully saturated rings. The van der Waals surface area contributed by atoms with Crippen molar-refractivity contribution in [1.29, 1.82) is 0 Å². The summed E-state index contributed by atoms with van der Waals surface area (Å²) in [5.74, 6) is -0.802. The number of nitrogens with two attached hydrogens (primary N) is 1. The van der Waals surface area contributed by atoms with Gasteiger partial charge < -0.3 is 10.6 Å². The maximum absolute atomic E-state index is 12.9. The predicted molar refractivity (Wildman–Crippen MR) is 118 cm³/mol. The van der Waals surface area contributed by atoms with Gasteiger partial charge in [0.15, 0.2) is 0 Å². The van der Waals surface area contributed by atoms with Crippen LogP contribution < -0.4 is 10.5 Å². The maximum Gasteiger partial charge on any atom is 0.266 e. The summed E-state index contributed by atoms with van der Waals surface area (Å²) in [7, 11) is -3.83. The molecule has 1 aromatic heterocycles. The first kappa shape index (κ1) is 22.3. The average molecular weight is 450 g/mol. The van der Waals surface area contributed by atoms with Gasteiger partial charge in [0.25, 0.3) is 15.9 Å². The van der Waals surface area contributed by atoms with Gasteiger partial charge >= 0.3 is 0 Å². The van der Waals surface area contributed by atoms with Crippen LogP contribution in [0.25, 0.3) is 0 Å². The third kappa shape index (κ3) is 4.84. The number of benzene rings is 1. The Bertz CT molecular complexity index is 1030. The Kier molecular flexibility index (Phi) is 6.24. The van der Waals surface area contributed by atoms with E-state index in [0.717, 1.165) is 5.56 Å². The zero-order valence-corrected chi connectivity index (χ0v) is 19.0. The van der Waals surface area contributed by atoms with Crippen molar-refractivity contribution in [1.82, 2.24) is 4.90 Å². The summed E-state index contributed by atoms with van der Waals surface area (Å²) in [6.07, 6.45) is 1.04. The van der Waals surface area contributed by atoms with Gasteiger partial charge in [0, 0.05) is 19.0 Å². The highest BCUT2D eigenvalue weighted by molar-refractivity contribution is 7.92. The van der Waals surface area contributed by atoms with Gasteiger partial charge in [-0.25, -0.2) is 8.42 Å². The van der Waals surface area contributed by atoms with Crippen molar-refractivity contribution in [3.8, 4) is 0 Å². The van der Waals surface area contributed by atoms with Crippen LogP contribution in [0.15, 0.2) is 40.6 Å². The zero-order chi connectivity index (χ0) is 22.1. The van der Waals surface area contributed by atoms with Crippen LogP contribution in [0.2, 0.25) is 0 Å². The Morgan fingerprint density at radius 2 is 1.70 bits per heavy atom. The monoisotopic (exact) mass is 449 g/mol. The minimum Gasteiger partial charge on any atom is -0.369 e. The van der Waals surface area contributed by atoms with Gasteiger partial charge in [-0.3, -0.25) is 14.3 Å². The standard InChI is InChI=1S/C21H27N3O4S2/c1-21(2,3)15-4-6-16(7-5-15)30(27,28)23-17-10-13-29-18(17)20(26)24-11-8-14(9-12-24)19(22)25/h4-7,10,13-14,23H,8-9,11-12H2,1-3H3,(H2,22,25). The third-order valence-electron chi connectivity index (χ3n) is 5.32. The third-order valence-corrected chi connectivity index (χ3v) is 7.60. The van der Waals surface area contributed by atoms with Crippen molar-refractivity contribution in [2.75, 3.05) is 17.8 Å². The Balaban J connectivity index is 1.75. The molecule has 30 heavy (non-hydrogen) atoms. The second kappa shape index (κ2) is 8.39.